The van der Waals surface area contributed by atoms with Crippen LogP contribution in [0.25, 0.3) is 5.95 Å². The molecule has 0 saturated carbocycles. The third-order valence-electron chi connectivity index (χ3n) is 4.23. The van der Waals surface area contributed by atoms with Gasteiger partial charge in [0.05, 0.1) is 23.8 Å². The molecule has 128 valence electrons. The van der Waals surface area contributed by atoms with E-state index in [4.69, 9.17) is 0 Å². The molecule has 0 saturated heterocycles. The van der Waals surface area contributed by atoms with Crippen molar-refractivity contribution in [2.45, 2.75) is 34.6 Å². The van der Waals surface area contributed by atoms with Crippen LogP contribution in [0, 0.1) is 34.6 Å². The van der Waals surface area contributed by atoms with Crippen LogP contribution in [0.15, 0.2) is 30.6 Å². The van der Waals surface area contributed by atoms with Crippen molar-refractivity contribution in [2.24, 2.45) is 0 Å². The van der Waals surface area contributed by atoms with Crippen molar-refractivity contribution in [3.8, 4) is 5.95 Å². The predicted octanol–water partition coefficient (Wildman–Crippen LogP) is 3.46. The Morgan fingerprint density at radius 3 is 2.28 bits per heavy atom. The Morgan fingerprint density at radius 2 is 1.72 bits per heavy atom. The fourth-order valence-corrected chi connectivity index (χ4v) is 2.84. The lowest BCUT2D eigenvalue weighted by molar-refractivity contribution is 0.102. The maximum atomic E-state index is 12.4. The smallest absolute Gasteiger partial charge is 0.256 e. The second-order valence-electron chi connectivity index (χ2n) is 6.21. The van der Waals surface area contributed by atoms with Crippen LogP contribution < -0.4 is 5.32 Å². The fourth-order valence-electron chi connectivity index (χ4n) is 2.84. The molecule has 0 aliphatic carbocycles. The van der Waals surface area contributed by atoms with E-state index in [1.54, 1.807) is 12.4 Å². The molecule has 0 unspecified atom stereocenters. The third kappa shape index (κ3) is 3.28. The van der Waals surface area contributed by atoms with Crippen LogP contribution >= 0.6 is 0 Å². The molecule has 6 nitrogen and oxygen atoms in total. The Labute approximate surface area is 147 Å². The Balaban J connectivity index is 1.82. The molecule has 3 aromatic rings. The van der Waals surface area contributed by atoms with Crippen LogP contribution in [0.3, 0.4) is 0 Å². The lowest BCUT2D eigenvalue weighted by Gasteiger charge is -2.09. The molecule has 6 heteroatoms. The van der Waals surface area contributed by atoms with Gasteiger partial charge in [-0.05, 0) is 46.2 Å². The number of benzene rings is 1. The number of hydrogen-bond donors (Lipinski definition) is 1. The van der Waals surface area contributed by atoms with Gasteiger partial charge in [0.1, 0.15) is 5.82 Å². The molecule has 0 aliphatic rings. The average molecular weight is 335 g/mol. The van der Waals surface area contributed by atoms with Crippen molar-refractivity contribution >= 4 is 11.6 Å². The van der Waals surface area contributed by atoms with Crippen molar-refractivity contribution in [1.29, 1.82) is 0 Å². The van der Waals surface area contributed by atoms with Crippen molar-refractivity contribution in [3.63, 3.8) is 0 Å². The molecule has 3 rings (SSSR count). The molecule has 0 aliphatic heterocycles. The number of carbonyl (C=O) groups excluding carboxylic acids is 1. The monoisotopic (exact) mass is 335 g/mol. The first kappa shape index (κ1) is 16.8. The zero-order valence-corrected chi connectivity index (χ0v) is 15.1. The molecule has 0 radical (unpaired) electrons. The first-order chi connectivity index (χ1) is 11.9. The van der Waals surface area contributed by atoms with Gasteiger partial charge in [0.2, 0.25) is 5.95 Å². The van der Waals surface area contributed by atoms with Crippen molar-refractivity contribution in [3.05, 3.63) is 64.5 Å². The van der Waals surface area contributed by atoms with E-state index in [9.17, 15) is 4.79 Å². The second-order valence-corrected chi connectivity index (χ2v) is 6.21. The summed E-state index contributed by atoms with van der Waals surface area (Å²) in [5, 5.41) is 2.84. The Kier molecular flexibility index (Phi) is 4.35. The van der Waals surface area contributed by atoms with Crippen molar-refractivity contribution in [1.82, 2.24) is 19.5 Å². The summed E-state index contributed by atoms with van der Waals surface area (Å²) < 4.78 is 1.89. The maximum Gasteiger partial charge on any atom is 0.256 e. The minimum absolute atomic E-state index is 0.167. The summed E-state index contributed by atoms with van der Waals surface area (Å²) >= 11 is 0. The molecule has 0 fully saturated rings. The SMILES string of the molecule is Cc1ccc(C(=O)Nc2cnc(-n3c(C)nc(C)c3C)nc2)c(C)c1. The van der Waals surface area contributed by atoms with Gasteiger partial charge in [0.25, 0.3) is 5.91 Å². The first-order valence-corrected chi connectivity index (χ1v) is 8.10. The number of nitrogens with one attached hydrogen (secondary N) is 1. The summed E-state index contributed by atoms with van der Waals surface area (Å²) in [6.07, 6.45) is 3.22. The number of anilines is 1. The Hall–Kier alpha value is -3.02. The van der Waals surface area contributed by atoms with Crippen LogP contribution in [-0.4, -0.2) is 25.4 Å². The van der Waals surface area contributed by atoms with E-state index in [2.05, 4.69) is 20.3 Å². The molecule has 1 N–H and O–H groups in total. The third-order valence-corrected chi connectivity index (χ3v) is 4.23. The highest BCUT2D eigenvalue weighted by Gasteiger charge is 2.13. The number of hydrogen-bond acceptors (Lipinski definition) is 4. The highest BCUT2D eigenvalue weighted by Crippen LogP contribution is 2.16. The van der Waals surface area contributed by atoms with Crippen LogP contribution in [0.2, 0.25) is 0 Å². The zero-order valence-electron chi connectivity index (χ0n) is 15.1. The van der Waals surface area contributed by atoms with Gasteiger partial charge in [-0.3, -0.25) is 9.36 Å². The van der Waals surface area contributed by atoms with Crippen LogP contribution in [-0.2, 0) is 0 Å². The molecule has 0 bridgehead atoms. The van der Waals surface area contributed by atoms with E-state index < -0.39 is 0 Å². The average Bonchev–Trinajstić information content (AvgIpc) is 2.81. The number of aryl methyl sites for hydroxylation is 4. The highest BCUT2D eigenvalue weighted by atomic mass is 16.1. The molecule has 25 heavy (non-hydrogen) atoms. The number of amides is 1. The molecule has 2 heterocycles. The van der Waals surface area contributed by atoms with E-state index in [1.807, 2.05) is 57.4 Å². The van der Waals surface area contributed by atoms with E-state index in [1.165, 1.54) is 0 Å². The van der Waals surface area contributed by atoms with Crippen molar-refractivity contribution < 1.29 is 4.79 Å². The van der Waals surface area contributed by atoms with Crippen LogP contribution in [0.1, 0.15) is 38.7 Å². The maximum absolute atomic E-state index is 12.4. The fraction of sp³-hybridized carbons (Fsp3) is 0.263. The lowest BCUT2D eigenvalue weighted by Crippen LogP contribution is -2.14. The van der Waals surface area contributed by atoms with Gasteiger partial charge >= 0.3 is 0 Å². The minimum Gasteiger partial charge on any atom is -0.319 e. The zero-order chi connectivity index (χ0) is 18.1. The standard InChI is InChI=1S/C19H21N5O/c1-11-6-7-17(12(2)8-11)18(25)23-16-9-20-19(21-10-16)24-14(4)13(3)22-15(24)5/h6-10H,1-5H3,(H,23,25). The molecule has 1 aromatic carbocycles. The van der Waals surface area contributed by atoms with Gasteiger partial charge in [0.15, 0.2) is 0 Å². The topological polar surface area (TPSA) is 72.7 Å². The van der Waals surface area contributed by atoms with E-state index in [0.717, 1.165) is 28.3 Å². The molecule has 0 atom stereocenters. The summed E-state index contributed by atoms with van der Waals surface area (Å²) in [7, 11) is 0. The Morgan fingerprint density at radius 1 is 1.04 bits per heavy atom. The normalized spacial score (nSPS) is 10.8. The van der Waals surface area contributed by atoms with E-state index >= 15 is 0 Å². The van der Waals surface area contributed by atoms with Gasteiger partial charge in [-0.1, -0.05) is 17.7 Å². The van der Waals surface area contributed by atoms with Gasteiger partial charge in [0, 0.05) is 11.3 Å². The summed E-state index contributed by atoms with van der Waals surface area (Å²) in [6, 6.07) is 5.74. The van der Waals surface area contributed by atoms with Crippen molar-refractivity contribution in [2.75, 3.05) is 5.32 Å². The van der Waals surface area contributed by atoms with E-state index in [-0.39, 0.29) is 5.91 Å². The molecule has 0 spiro atoms. The lowest BCUT2D eigenvalue weighted by atomic mass is 10.1. The second kappa shape index (κ2) is 6.47. The first-order valence-electron chi connectivity index (χ1n) is 8.10. The quantitative estimate of drug-likeness (QED) is 0.795. The van der Waals surface area contributed by atoms with Gasteiger partial charge in [-0.25, -0.2) is 15.0 Å². The van der Waals surface area contributed by atoms with Gasteiger partial charge in [-0.15, -0.1) is 0 Å². The predicted molar refractivity (Wildman–Crippen MR) is 97.2 cm³/mol. The number of aromatic nitrogens is 4. The highest BCUT2D eigenvalue weighted by molar-refractivity contribution is 6.05. The summed E-state index contributed by atoms with van der Waals surface area (Å²) in [5.74, 6) is 1.21. The van der Waals surface area contributed by atoms with E-state index in [0.29, 0.717) is 17.2 Å². The number of rotatable bonds is 3. The molecular weight excluding hydrogens is 314 g/mol. The van der Waals surface area contributed by atoms with Gasteiger partial charge in [-0.2, -0.15) is 0 Å². The summed E-state index contributed by atoms with van der Waals surface area (Å²) in [4.78, 5) is 25.6. The number of imidazole rings is 1. The summed E-state index contributed by atoms with van der Waals surface area (Å²) in [6.45, 7) is 9.78. The molecule has 1 amide bonds. The number of nitrogens with zero attached hydrogens (tertiary/aromatic N) is 4. The minimum atomic E-state index is -0.167. The number of carbonyl (C=O) groups is 1. The van der Waals surface area contributed by atoms with Crippen LogP contribution in [0.4, 0.5) is 5.69 Å². The Bertz CT molecular complexity index is 941. The van der Waals surface area contributed by atoms with Crippen LogP contribution in [0.5, 0.6) is 0 Å². The largest absolute Gasteiger partial charge is 0.319 e. The molecular formula is C19H21N5O. The summed E-state index contributed by atoms with van der Waals surface area (Å²) in [5.41, 5.74) is 5.23. The van der Waals surface area contributed by atoms with Gasteiger partial charge < -0.3 is 5.32 Å². The molecule has 2 aromatic heterocycles.